The van der Waals surface area contributed by atoms with E-state index in [4.69, 9.17) is 4.74 Å². The van der Waals surface area contributed by atoms with Gasteiger partial charge in [0.25, 0.3) is 10.0 Å². The molecule has 5 rings (SSSR count). The predicted molar refractivity (Wildman–Crippen MR) is 139 cm³/mol. The number of hydrogen-bond donors (Lipinski definition) is 0. The summed E-state index contributed by atoms with van der Waals surface area (Å²) in [4.78, 5) is 31.7. The summed E-state index contributed by atoms with van der Waals surface area (Å²) in [6.07, 6.45) is 9.44. The van der Waals surface area contributed by atoms with Gasteiger partial charge in [0.05, 0.1) is 12.2 Å². The van der Waals surface area contributed by atoms with Crippen LogP contribution in [0.1, 0.15) is 15.9 Å². The fourth-order valence-corrected chi connectivity index (χ4v) is 5.51. The fraction of sp³-hybridized carbons (Fsp3) is 0.269. The van der Waals surface area contributed by atoms with E-state index in [0.717, 1.165) is 17.7 Å². The molecule has 1 aliphatic rings. The van der Waals surface area contributed by atoms with Gasteiger partial charge in [-0.05, 0) is 17.7 Å². The van der Waals surface area contributed by atoms with Crippen LogP contribution in [-0.2, 0) is 14.8 Å². The zero-order valence-electron chi connectivity index (χ0n) is 20.8. The molecule has 0 amide bonds. The van der Waals surface area contributed by atoms with Crippen molar-refractivity contribution in [3.05, 3.63) is 84.8 Å². The number of aromatic nitrogens is 5. The Bertz CT molecular complexity index is 1470. The summed E-state index contributed by atoms with van der Waals surface area (Å²) in [5.41, 5.74) is 2.43. The summed E-state index contributed by atoms with van der Waals surface area (Å²) in [6, 6.07) is 10.3. The Morgan fingerprint density at radius 1 is 0.895 bits per heavy atom. The van der Waals surface area contributed by atoms with Crippen molar-refractivity contribution < 1.29 is 17.9 Å². The lowest BCUT2D eigenvalue weighted by Crippen LogP contribution is -2.49. The van der Waals surface area contributed by atoms with Gasteiger partial charge in [0.1, 0.15) is 6.33 Å². The summed E-state index contributed by atoms with van der Waals surface area (Å²) in [7, 11) is -2.01. The zero-order valence-corrected chi connectivity index (χ0v) is 21.7. The number of carbonyl (C=O) groups is 1. The van der Waals surface area contributed by atoms with E-state index in [1.807, 2.05) is 0 Å². The molecule has 1 aromatic carbocycles. The van der Waals surface area contributed by atoms with E-state index < -0.39 is 10.0 Å². The van der Waals surface area contributed by atoms with E-state index >= 15 is 0 Å². The van der Waals surface area contributed by atoms with Crippen molar-refractivity contribution in [3.63, 3.8) is 0 Å². The number of carbonyl (C=O) groups excluding carboxylic acids is 1. The molecule has 11 nitrogen and oxygen atoms in total. The molecule has 0 bridgehead atoms. The van der Waals surface area contributed by atoms with Gasteiger partial charge in [0.2, 0.25) is 5.95 Å². The van der Waals surface area contributed by atoms with E-state index in [2.05, 4.69) is 24.8 Å². The molecule has 1 aliphatic heterocycles. The van der Waals surface area contributed by atoms with Gasteiger partial charge in [-0.3, -0.25) is 14.3 Å². The number of rotatable bonds is 9. The molecule has 0 unspecified atom stereocenters. The zero-order chi connectivity index (χ0) is 26.5. The van der Waals surface area contributed by atoms with E-state index in [-0.39, 0.29) is 10.8 Å². The second-order valence-electron chi connectivity index (χ2n) is 8.77. The molecule has 0 saturated carbocycles. The van der Waals surface area contributed by atoms with Gasteiger partial charge in [-0.2, -0.15) is 4.31 Å². The lowest BCUT2D eigenvalue weighted by molar-refractivity contribution is 0.103. The molecular formula is C26H27N7O4S. The molecule has 0 atom stereocenters. The first-order valence-corrected chi connectivity index (χ1v) is 13.5. The van der Waals surface area contributed by atoms with Crippen LogP contribution in [0.3, 0.4) is 0 Å². The Kier molecular flexibility index (Phi) is 7.65. The Balaban J connectivity index is 1.24. The van der Waals surface area contributed by atoms with Crippen molar-refractivity contribution in [3.8, 4) is 17.1 Å². The van der Waals surface area contributed by atoms with Crippen molar-refractivity contribution in [2.75, 3.05) is 46.4 Å². The Hall–Kier alpha value is -3.84. The van der Waals surface area contributed by atoms with Crippen LogP contribution in [-0.4, -0.2) is 94.3 Å². The quantitative estimate of drug-likeness (QED) is 0.297. The molecule has 4 heterocycles. The SMILES string of the molecule is COCCN1CCN(S(=O)(=O)c2ccc(-c3ccc(C(=O)c4cnc(-n5ccnc5)nc4)cc3)cn2)CC1. The summed E-state index contributed by atoms with van der Waals surface area (Å²) in [5.74, 6) is 0.229. The number of sulfonamides is 1. The van der Waals surface area contributed by atoms with Crippen molar-refractivity contribution in [2.24, 2.45) is 0 Å². The number of piperazine rings is 1. The van der Waals surface area contributed by atoms with Crippen LogP contribution in [0.5, 0.6) is 0 Å². The fourth-order valence-electron chi connectivity index (χ4n) is 4.18. The average molecular weight is 534 g/mol. The van der Waals surface area contributed by atoms with Crippen LogP contribution in [0.15, 0.2) is 78.7 Å². The monoisotopic (exact) mass is 533 g/mol. The third kappa shape index (κ3) is 5.53. The normalized spacial score (nSPS) is 15.0. The first kappa shape index (κ1) is 25.8. The second kappa shape index (κ2) is 11.3. The summed E-state index contributed by atoms with van der Waals surface area (Å²) < 4.78 is 34.4. The number of pyridine rings is 1. The summed E-state index contributed by atoms with van der Waals surface area (Å²) in [6.45, 7) is 3.57. The topological polar surface area (TPSA) is 123 Å². The second-order valence-corrected chi connectivity index (χ2v) is 10.7. The lowest BCUT2D eigenvalue weighted by atomic mass is 10.0. The molecule has 1 fully saturated rings. The van der Waals surface area contributed by atoms with Gasteiger partial charge in [0.15, 0.2) is 10.8 Å². The van der Waals surface area contributed by atoms with Gasteiger partial charge < -0.3 is 4.74 Å². The molecular weight excluding hydrogens is 506 g/mol. The maximum atomic E-state index is 13.1. The number of methoxy groups -OCH3 is 1. The molecule has 3 aromatic heterocycles. The minimum Gasteiger partial charge on any atom is -0.383 e. The molecule has 196 valence electrons. The van der Waals surface area contributed by atoms with Crippen LogP contribution in [0, 0.1) is 0 Å². The standard InChI is InChI=1S/C26H27N7O4S/c1-37-15-14-31-10-12-33(13-11-31)38(35,36)24-7-6-22(16-28-24)20-2-4-21(5-3-20)25(34)23-17-29-26(30-18-23)32-9-8-27-19-32/h2-9,16-19H,10-15H2,1H3. The van der Waals surface area contributed by atoms with Crippen molar-refractivity contribution in [2.45, 2.75) is 5.03 Å². The molecule has 0 N–H and O–H groups in total. The number of ether oxygens (including phenoxy) is 1. The van der Waals surface area contributed by atoms with Gasteiger partial charge in [-0.15, -0.1) is 0 Å². The minimum absolute atomic E-state index is 0.0255. The largest absolute Gasteiger partial charge is 0.383 e. The Morgan fingerprint density at radius 3 is 2.21 bits per heavy atom. The highest BCUT2D eigenvalue weighted by Gasteiger charge is 2.29. The Morgan fingerprint density at radius 2 is 1.61 bits per heavy atom. The van der Waals surface area contributed by atoms with Gasteiger partial charge in [0, 0.05) is 81.9 Å². The van der Waals surface area contributed by atoms with E-state index in [1.165, 1.54) is 22.8 Å². The van der Waals surface area contributed by atoms with Crippen molar-refractivity contribution in [1.29, 1.82) is 0 Å². The number of imidazole rings is 1. The molecule has 0 radical (unpaired) electrons. The van der Waals surface area contributed by atoms with Gasteiger partial charge in [-0.1, -0.05) is 24.3 Å². The molecule has 0 spiro atoms. The molecule has 1 saturated heterocycles. The van der Waals surface area contributed by atoms with E-state index in [1.54, 1.807) is 66.9 Å². The first-order valence-electron chi connectivity index (χ1n) is 12.1. The smallest absolute Gasteiger partial charge is 0.260 e. The number of benzene rings is 1. The van der Waals surface area contributed by atoms with Crippen molar-refractivity contribution in [1.82, 2.24) is 33.7 Å². The highest BCUT2D eigenvalue weighted by Crippen LogP contribution is 2.23. The number of nitrogens with zero attached hydrogens (tertiary/aromatic N) is 7. The third-order valence-corrected chi connectivity index (χ3v) is 8.21. The average Bonchev–Trinajstić information content (AvgIpc) is 3.51. The predicted octanol–water partition coefficient (Wildman–Crippen LogP) is 1.91. The van der Waals surface area contributed by atoms with Crippen LogP contribution in [0.25, 0.3) is 17.1 Å². The summed E-state index contributed by atoms with van der Waals surface area (Å²) in [5, 5.41) is 0.0255. The lowest BCUT2D eigenvalue weighted by Gasteiger charge is -2.33. The van der Waals surface area contributed by atoms with Crippen LogP contribution < -0.4 is 0 Å². The number of ketones is 1. The number of hydrogen-bond acceptors (Lipinski definition) is 9. The molecule has 12 heteroatoms. The third-order valence-electron chi connectivity index (χ3n) is 6.40. The van der Waals surface area contributed by atoms with Gasteiger partial charge >= 0.3 is 0 Å². The van der Waals surface area contributed by atoms with Gasteiger partial charge in [-0.25, -0.2) is 28.4 Å². The van der Waals surface area contributed by atoms with Crippen molar-refractivity contribution >= 4 is 15.8 Å². The minimum atomic E-state index is -3.67. The maximum Gasteiger partial charge on any atom is 0.260 e. The highest BCUT2D eigenvalue weighted by atomic mass is 32.2. The molecule has 38 heavy (non-hydrogen) atoms. The van der Waals surface area contributed by atoms with Crippen LogP contribution in [0.4, 0.5) is 0 Å². The van der Waals surface area contributed by atoms with Crippen LogP contribution >= 0.6 is 0 Å². The first-order chi connectivity index (χ1) is 18.5. The van der Waals surface area contributed by atoms with Crippen LogP contribution in [0.2, 0.25) is 0 Å². The Labute approximate surface area is 220 Å². The van der Waals surface area contributed by atoms with E-state index in [9.17, 15) is 13.2 Å². The highest BCUT2D eigenvalue weighted by molar-refractivity contribution is 7.89. The van der Waals surface area contributed by atoms with E-state index in [0.29, 0.717) is 49.9 Å². The maximum absolute atomic E-state index is 13.1. The summed E-state index contributed by atoms with van der Waals surface area (Å²) >= 11 is 0. The molecule has 0 aliphatic carbocycles. The molecule has 4 aromatic rings.